The minimum Gasteiger partial charge on any atom is -0.489 e. The molecular weight excluding hydrogens is 603 g/mol. The zero-order valence-corrected chi connectivity index (χ0v) is 23.5. The summed E-state index contributed by atoms with van der Waals surface area (Å²) in [7, 11) is 0. The van der Waals surface area contributed by atoms with Crippen molar-refractivity contribution < 1.29 is 19.4 Å². The van der Waals surface area contributed by atoms with Crippen LogP contribution in [0.3, 0.4) is 0 Å². The first kappa shape index (κ1) is 26.7. The summed E-state index contributed by atoms with van der Waals surface area (Å²) in [5, 5.41) is 13.0. The number of anilines is 1. The van der Waals surface area contributed by atoms with Gasteiger partial charge in [-0.15, -0.1) is 0 Å². The average molecular weight is 632 g/mol. The number of para-hydroxylation sites is 1. The van der Waals surface area contributed by atoms with Gasteiger partial charge in [0.05, 0.1) is 6.42 Å². The number of carboxylic acids is 1. The molecule has 1 amide bonds. The van der Waals surface area contributed by atoms with E-state index in [4.69, 9.17) is 10.5 Å². The normalized spacial score (nSPS) is 15.9. The molecule has 0 aliphatic heterocycles. The van der Waals surface area contributed by atoms with E-state index < -0.39 is 11.5 Å². The predicted molar refractivity (Wildman–Crippen MR) is 161 cm³/mol. The monoisotopic (exact) mass is 632 g/mol. The van der Waals surface area contributed by atoms with Crippen molar-refractivity contribution in [3.63, 3.8) is 0 Å². The van der Waals surface area contributed by atoms with Gasteiger partial charge in [0.15, 0.2) is 0 Å². The maximum atomic E-state index is 13.0. The van der Waals surface area contributed by atoms with Crippen LogP contribution in [0.1, 0.15) is 27.8 Å². The molecule has 0 heterocycles. The number of nitrogens with two attached hydrogens (primary N) is 1. The highest BCUT2D eigenvalue weighted by Gasteiger charge is 2.45. The quantitative estimate of drug-likeness (QED) is 0.124. The molecule has 198 valence electrons. The van der Waals surface area contributed by atoms with Gasteiger partial charge in [0, 0.05) is 28.5 Å². The Hall–Kier alpha value is -3.85. The Morgan fingerprint density at radius 1 is 0.872 bits per heavy atom. The first-order chi connectivity index (χ1) is 18.8. The number of aliphatic carboxylic acids is 1. The van der Waals surface area contributed by atoms with Crippen LogP contribution in [0.5, 0.6) is 5.75 Å². The van der Waals surface area contributed by atoms with E-state index in [1.54, 1.807) is 12.1 Å². The summed E-state index contributed by atoms with van der Waals surface area (Å²) < 4.78 is 6.77. The zero-order valence-electron chi connectivity index (χ0n) is 21.3. The molecular formula is C32H29IN2O4. The van der Waals surface area contributed by atoms with Gasteiger partial charge >= 0.3 is 5.97 Å². The lowest BCUT2D eigenvalue weighted by atomic mass is 9.95. The van der Waals surface area contributed by atoms with Gasteiger partial charge in [0.1, 0.15) is 17.9 Å². The summed E-state index contributed by atoms with van der Waals surface area (Å²) in [5.74, 6) is -0.690. The van der Waals surface area contributed by atoms with Crippen molar-refractivity contribution in [1.29, 1.82) is 0 Å². The van der Waals surface area contributed by atoms with Gasteiger partial charge in [-0.3, -0.25) is 4.79 Å². The van der Waals surface area contributed by atoms with E-state index >= 15 is 0 Å². The Morgan fingerprint density at radius 3 is 2.23 bits per heavy atom. The van der Waals surface area contributed by atoms with E-state index in [0.29, 0.717) is 18.0 Å². The second-order valence-electron chi connectivity index (χ2n) is 9.91. The number of alkyl halides is 1. The Kier molecular flexibility index (Phi) is 7.88. The van der Waals surface area contributed by atoms with Gasteiger partial charge in [0.2, 0.25) is 5.91 Å². The molecule has 0 saturated heterocycles. The van der Waals surface area contributed by atoms with Crippen LogP contribution in [0.2, 0.25) is 0 Å². The SMILES string of the molecule is Nc1ccccc1COc1ccc(CC(=O)NC2(C(=O)O)Cc3ccc(-c4ccc(CI)cc4)cc3C2)cc1. The van der Waals surface area contributed by atoms with Gasteiger partial charge in [-0.2, -0.15) is 0 Å². The van der Waals surface area contributed by atoms with Crippen molar-refractivity contribution in [1.82, 2.24) is 5.32 Å². The van der Waals surface area contributed by atoms with Crippen molar-refractivity contribution in [2.75, 3.05) is 5.73 Å². The third-order valence-corrected chi connectivity index (χ3v) is 8.04. The highest BCUT2D eigenvalue weighted by atomic mass is 127. The zero-order chi connectivity index (χ0) is 27.4. The van der Waals surface area contributed by atoms with Crippen LogP contribution in [-0.2, 0) is 39.9 Å². The number of rotatable bonds is 9. The van der Waals surface area contributed by atoms with Crippen LogP contribution < -0.4 is 15.8 Å². The number of ether oxygens (including phenoxy) is 1. The molecule has 7 heteroatoms. The fourth-order valence-electron chi connectivity index (χ4n) is 4.96. The van der Waals surface area contributed by atoms with Gasteiger partial charge in [0.25, 0.3) is 0 Å². The Balaban J connectivity index is 1.23. The molecule has 1 aliphatic carbocycles. The number of halogens is 1. The summed E-state index contributed by atoms with van der Waals surface area (Å²) in [5.41, 5.74) is 12.2. The summed E-state index contributed by atoms with van der Waals surface area (Å²) in [6.45, 7) is 0.347. The summed E-state index contributed by atoms with van der Waals surface area (Å²) in [6, 6.07) is 29.2. The number of nitrogen functional groups attached to an aromatic ring is 1. The number of hydrogen-bond acceptors (Lipinski definition) is 4. The molecule has 0 saturated carbocycles. The molecule has 5 rings (SSSR count). The van der Waals surface area contributed by atoms with E-state index in [1.165, 1.54) is 5.56 Å². The second-order valence-corrected chi connectivity index (χ2v) is 10.7. The van der Waals surface area contributed by atoms with Crippen LogP contribution in [0.15, 0.2) is 91.0 Å². The summed E-state index contributed by atoms with van der Waals surface area (Å²) >= 11 is 2.34. The summed E-state index contributed by atoms with van der Waals surface area (Å²) in [6.07, 6.45) is 0.580. The minimum atomic E-state index is -1.36. The maximum Gasteiger partial charge on any atom is 0.330 e. The first-order valence-corrected chi connectivity index (χ1v) is 14.2. The molecule has 0 aromatic heterocycles. The fraction of sp³-hybridized carbons (Fsp3) is 0.188. The van der Waals surface area contributed by atoms with Crippen LogP contribution in [-0.4, -0.2) is 22.5 Å². The molecule has 4 aromatic carbocycles. The van der Waals surface area contributed by atoms with Gasteiger partial charge in [-0.1, -0.05) is 95.4 Å². The predicted octanol–water partition coefficient (Wildman–Crippen LogP) is 5.73. The van der Waals surface area contributed by atoms with Crippen molar-refractivity contribution in [2.45, 2.75) is 35.8 Å². The topological polar surface area (TPSA) is 102 Å². The largest absolute Gasteiger partial charge is 0.489 e. The number of benzene rings is 4. The smallest absolute Gasteiger partial charge is 0.330 e. The number of carbonyl (C=O) groups excluding carboxylic acids is 1. The number of hydrogen-bond donors (Lipinski definition) is 3. The highest BCUT2D eigenvalue weighted by molar-refractivity contribution is 14.1. The van der Waals surface area contributed by atoms with Gasteiger partial charge in [-0.25, -0.2) is 4.79 Å². The van der Waals surface area contributed by atoms with E-state index in [9.17, 15) is 14.7 Å². The van der Waals surface area contributed by atoms with E-state index in [2.05, 4.69) is 52.2 Å². The minimum absolute atomic E-state index is 0.0751. The fourth-order valence-corrected chi connectivity index (χ4v) is 5.47. The van der Waals surface area contributed by atoms with Crippen LogP contribution >= 0.6 is 22.6 Å². The molecule has 4 N–H and O–H groups in total. The second kappa shape index (κ2) is 11.5. The number of carbonyl (C=O) groups is 2. The van der Waals surface area contributed by atoms with Crippen molar-refractivity contribution >= 4 is 40.2 Å². The highest BCUT2D eigenvalue weighted by Crippen LogP contribution is 2.34. The molecule has 1 unspecified atom stereocenters. The van der Waals surface area contributed by atoms with E-state index in [-0.39, 0.29) is 25.2 Å². The lowest BCUT2D eigenvalue weighted by Gasteiger charge is -2.25. The lowest BCUT2D eigenvalue weighted by Crippen LogP contribution is -2.55. The van der Waals surface area contributed by atoms with Crippen molar-refractivity contribution in [3.8, 4) is 16.9 Å². The molecule has 0 bridgehead atoms. The van der Waals surface area contributed by atoms with E-state index in [0.717, 1.165) is 37.8 Å². The molecule has 0 radical (unpaired) electrons. The molecule has 0 spiro atoms. The molecule has 1 aliphatic rings. The van der Waals surface area contributed by atoms with Crippen LogP contribution in [0.4, 0.5) is 5.69 Å². The molecule has 0 fully saturated rings. The van der Waals surface area contributed by atoms with Gasteiger partial charge in [-0.05, 0) is 51.6 Å². The Labute approximate surface area is 241 Å². The Morgan fingerprint density at radius 2 is 1.54 bits per heavy atom. The molecule has 4 aromatic rings. The molecule has 39 heavy (non-hydrogen) atoms. The number of fused-ring (bicyclic) bond motifs is 1. The Bertz CT molecular complexity index is 1500. The third kappa shape index (κ3) is 6.09. The van der Waals surface area contributed by atoms with E-state index in [1.807, 2.05) is 54.6 Å². The molecule has 1 atom stereocenters. The van der Waals surface area contributed by atoms with Crippen molar-refractivity contribution in [2.24, 2.45) is 0 Å². The number of amides is 1. The van der Waals surface area contributed by atoms with Crippen molar-refractivity contribution in [3.05, 3.63) is 119 Å². The lowest BCUT2D eigenvalue weighted by molar-refractivity contribution is -0.147. The standard InChI is InChI=1S/C32H29IN2O4/c33-19-22-5-9-23(10-6-22)24-11-12-25-17-32(31(37)38,18-27(25)16-24)35-30(36)15-21-7-13-28(14-8-21)39-20-26-3-1-2-4-29(26)34/h1-14,16H,15,17-20,34H2,(H,35,36)(H,37,38). The average Bonchev–Trinajstić information content (AvgIpc) is 3.32. The first-order valence-electron chi connectivity index (χ1n) is 12.7. The number of carboxylic acid groups (broad SMARTS) is 1. The molecule has 6 nitrogen and oxygen atoms in total. The van der Waals surface area contributed by atoms with Crippen LogP contribution in [0.25, 0.3) is 11.1 Å². The summed E-state index contributed by atoms with van der Waals surface area (Å²) in [4.78, 5) is 25.4. The van der Waals surface area contributed by atoms with Gasteiger partial charge < -0.3 is 20.9 Å². The maximum absolute atomic E-state index is 13.0. The third-order valence-electron chi connectivity index (χ3n) is 7.16. The number of nitrogens with one attached hydrogen (secondary N) is 1. The van der Waals surface area contributed by atoms with Crippen LogP contribution in [0, 0.1) is 0 Å².